The molecule has 1 aromatic heterocycles. The van der Waals surface area contributed by atoms with Crippen LogP contribution >= 0.6 is 0 Å². The van der Waals surface area contributed by atoms with Crippen LogP contribution in [0.4, 0.5) is 10.1 Å². The third kappa shape index (κ3) is 4.92. The number of hydrogen-bond donors (Lipinski definition) is 2. The van der Waals surface area contributed by atoms with Crippen LogP contribution in [0.5, 0.6) is 0 Å². The zero-order chi connectivity index (χ0) is 20.2. The summed E-state index contributed by atoms with van der Waals surface area (Å²) in [4.78, 5) is 21.9. The van der Waals surface area contributed by atoms with E-state index in [0.717, 1.165) is 25.9 Å². The number of H-pyrrole nitrogens is 1. The fraction of sp³-hybridized carbons (Fsp3) is 0.364. The SMILES string of the molecule is Cc1cccc(N2CCC(NC(=O)COCc3nc4ccc(F)cc4[nH]3)CC2)c1. The fourth-order valence-electron chi connectivity index (χ4n) is 3.72. The first kappa shape index (κ1) is 19.4. The molecule has 0 bridgehead atoms. The number of carbonyl (C=O) groups excluding carboxylic acids is 1. The number of fused-ring (bicyclic) bond motifs is 1. The van der Waals surface area contributed by atoms with Crippen molar-refractivity contribution in [3.8, 4) is 0 Å². The number of aromatic amines is 1. The average Bonchev–Trinajstić information content (AvgIpc) is 3.10. The number of piperidine rings is 1. The molecule has 0 aliphatic carbocycles. The second-order valence-corrected chi connectivity index (χ2v) is 7.51. The van der Waals surface area contributed by atoms with E-state index in [9.17, 15) is 9.18 Å². The maximum atomic E-state index is 13.2. The fourth-order valence-corrected chi connectivity index (χ4v) is 3.72. The van der Waals surface area contributed by atoms with Crippen molar-refractivity contribution in [2.45, 2.75) is 32.4 Å². The number of nitrogens with zero attached hydrogens (tertiary/aromatic N) is 2. The van der Waals surface area contributed by atoms with Crippen molar-refractivity contribution < 1.29 is 13.9 Å². The number of aromatic nitrogens is 2. The number of rotatable bonds is 6. The molecule has 0 atom stereocenters. The van der Waals surface area contributed by atoms with Crippen LogP contribution < -0.4 is 10.2 Å². The molecular weight excluding hydrogens is 371 g/mol. The Morgan fingerprint density at radius 2 is 2.10 bits per heavy atom. The summed E-state index contributed by atoms with van der Waals surface area (Å²) >= 11 is 0. The molecule has 6 nitrogen and oxygen atoms in total. The third-order valence-electron chi connectivity index (χ3n) is 5.19. The summed E-state index contributed by atoms with van der Waals surface area (Å²) in [6, 6.07) is 13.0. The van der Waals surface area contributed by atoms with Gasteiger partial charge in [-0.2, -0.15) is 0 Å². The minimum atomic E-state index is -0.318. The highest BCUT2D eigenvalue weighted by Gasteiger charge is 2.21. The smallest absolute Gasteiger partial charge is 0.246 e. The molecule has 152 valence electrons. The Labute approximate surface area is 169 Å². The van der Waals surface area contributed by atoms with Gasteiger partial charge in [0.25, 0.3) is 0 Å². The summed E-state index contributed by atoms with van der Waals surface area (Å²) in [5, 5.41) is 3.05. The van der Waals surface area contributed by atoms with Gasteiger partial charge in [-0.1, -0.05) is 12.1 Å². The first-order valence-electron chi connectivity index (χ1n) is 9.90. The molecule has 1 fully saturated rings. The number of halogens is 1. The van der Waals surface area contributed by atoms with Crippen LogP contribution in [-0.4, -0.2) is 41.6 Å². The van der Waals surface area contributed by atoms with Crippen molar-refractivity contribution >= 4 is 22.6 Å². The number of anilines is 1. The maximum absolute atomic E-state index is 13.2. The molecule has 2 N–H and O–H groups in total. The third-order valence-corrected chi connectivity index (χ3v) is 5.19. The summed E-state index contributed by atoms with van der Waals surface area (Å²) in [5.41, 5.74) is 3.79. The van der Waals surface area contributed by atoms with Gasteiger partial charge in [0, 0.05) is 24.8 Å². The van der Waals surface area contributed by atoms with Crippen molar-refractivity contribution in [2.24, 2.45) is 0 Å². The van der Waals surface area contributed by atoms with Gasteiger partial charge in [-0.15, -0.1) is 0 Å². The summed E-state index contributed by atoms with van der Waals surface area (Å²) in [6.45, 7) is 4.09. The van der Waals surface area contributed by atoms with Gasteiger partial charge in [-0.25, -0.2) is 9.37 Å². The highest BCUT2D eigenvalue weighted by atomic mass is 19.1. The minimum Gasteiger partial charge on any atom is -0.371 e. The Morgan fingerprint density at radius 3 is 2.90 bits per heavy atom. The standard InChI is InChI=1S/C22H25FN4O2/c1-15-3-2-4-18(11-15)27-9-7-17(8-10-27)24-22(28)14-29-13-21-25-19-6-5-16(23)12-20(19)26-21/h2-6,11-12,17H,7-10,13-14H2,1H3,(H,24,28)(H,25,26). The number of amides is 1. The summed E-state index contributed by atoms with van der Waals surface area (Å²) < 4.78 is 18.7. The number of aryl methyl sites for hydroxylation is 1. The van der Waals surface area contributed by atoms with E-state index in [0.29, 0.717) is 16.9 Å². The number of ether oxygens (including phenoxy) is 1. The lowest BCUT2D eigenvalue weighted by molar-refractivity contribution is -0.127. The monoisotopic (exact) mass is 396 g/mol. The Hall–Kier alpha value is -2.93. The molecular formula is C22H25FN4O2. The molecule has 1 amide bonds. The van der Waals surface area contributed by atoms with Crippen LogP contribution in [-0.2, 0) is 16.1 Å². The van der Waals surface area contributed by atoms with Crippen LogP contribution in [0.3, 0.4) is 0 Å². The van der Waals surface area contributed by atoms with Gasteiger partial charge in [0.05, 0.1) is 11.0 Å². The van der Waals surface area contributed by atoms with E-state index in [1.165, 1.54) is 23.4 Å². The van der Waals surface area contributed by atoms with E-state index in [1.54, 1.807) is 6.07 Å². The largest absolute Gasteiger partial charge is 0.371 e. The number of nitrogens with one attached hydrogen (secondary N) is 2. The molecule has 0 saturated carbocycles. The van der Waals surface area contributed by atoms with Crippen molar-refractivity contribution in [1.29, 1.82) is 0 Å². The molecule has 0 spiro atoms. The average molecular weight is 396 g/mol. The van der Waals surface area contributed by atoms with Gasteiger partial charge in [-0.05, 0) is 55.7 Å². The van der Waals surface area contributed by atoms with Crippen molar-refractivity contribution in [1.82, 2.24) is 15.3 Å². The van der Waals surface area contributed by atoms with E-state index in [-0.39, 0.29) is 31.0 Å². The highest BCUT2D eigenvalue weighted by molar-refractivity contribution is 5.77. The quantitative estimate of drug-likeness (QED) is 0.671. The number of benzene rings is 2. The van der Waals surface area contributed by atoms with Crippen LogP contribution in [0, 0.1) is 12.7 Å². The molecule has 29 heavy (non-hydrogen) atoms. The lowest BCUT2D eigenvalue weighted by atomic mass is 10.0. The van der Waals surface area contributed by atoms with Crippen molar-refractivity contribution in [3.63, 3.8) is 0 Å². The minimum absolute atomic E-state index is 0.0243. The highest BCUT2D eigenvalue weighted by Crippen LogP contribution is 2.21. The molecule has 0 radical (unpaired) electrons. The Kier molecular flexibility index (Phi) is 5.76. The van der Waals surface area contributed by atoms with Crippen molar-refractivity contribution in [2.75, 3.05) is 24.6 Å². The van der Waals surface area contributed by atoms with E-state index < -0.39 is 0 Å². The van der Waals surface area contributed by atoms with Gasteiger partial charge < -0.3 is 19.9 Å². The lowest BCUT2D eigenvalue weighted by Gasteiger charge is -2.34. The number of carbonyl (C=O) groups is 1. The van der Waals surface area contributed by atoms with Crippen molar-refractivity contribution in [3.05, 3.63) is 59.7 Å². The molecule has 2 heterocycles. The normalized spacial score (nSPS) is 15.0. The molecule has 2 aromatic carbocycles. The molecule has 1 aliphatic heterocycles. The zero-order valence-electron chi connectivity index (χ0n) is 16.5. The first-order valence-corrected chi connectivity index (χ1v) is 9.90. The first-order chi connectivity index (χ1) is 14.1. The predicted molar refractivity (Wildman–Crippen MR) is 110 cm³/mol. The van der Waals surface area contributed by atoms with Gasteiger partial charge >= 0.3 is 0 Å². The van der Waals surface area contributed by atoms with E-state index >= 15 is 0 Å². The van der Waals surface area contributed by atoms with Crippen LogP contribution in [0.15, 0.2) is 42.5 Å². The maximum Gasteiger partial charge on any atom is 0.246 e. The Balaban J connectivity index is 1.20. The number of imidazole rings is 1. The van der Waals surface area contributed by atoms with Gasteiger partial charge in [0.1, 0.15) is 24.9 Å². The molecule has 7 heteroatoms. The topological polar surface area (TPSA) is 70.2 Å². The van der Waals surface area contributed by atoms with Crippen LogP contribution in [0.25, 0.3) is 11.0 Å². The second-order valence-electron chi connectivity index (χ2n) is 7.51. The van der Waals surface area contributed by atoms with E-state index in [2.05, 4.69) is 51.4 Å². The second kappa shape index (κ2) is 8.61. The summed E-state index contributed by atoms with van der Waals surface area (Å²) in [6.07, 6.45) is 1.82. The Morgan fingerprint density at radius 1 is 1.28 bits per heavy atom. The molecule has 1 saturated heterocycles. The molecule has 4 rings (SSSR count). The van der Waals surface area contributed by atoms with Gasteiger partial charge in [0.2, 0.25) is 5.91 Å². The number of hydrogen-bond acceptors (Lipinski definition) is 4. The summed E-state index contributed by atoms with van der Waals surface area (Å²) in [5.74, 6) is 0.132. The van der Waals surface area contributed by atoms with Gasteiger partial charge in [-0.3, -0.25) is 4.79 Å². The van der Waals surface area contributed by atoms with Crippen LogP contribution in [0.1, 0.15) is 24.2 Å². The predicted octanol–water partition coefficient (Wildman–Crippen LogP) is 3.31. The molecule has 0 unspecified atom stereocenters. The summed E-state index contributed by atoms with van der Waals surface area (Å²) in [7, 11) is 0. The van der Waals surface area contributed by atoms with E-state index in [1.807, 2.05) is 0 Å². The zero-order valence-corrected chi connectivity index (χ0v) is 16.5. The van der Waals surface area contributed by atoms with E-state index in [4.69, 9.17) is 4.74 Å². The molecule has 3 aromatic rings. The lowest BCUT2D eigenvalue weighted by Crippen LogP contribution is -2.45. The van der Waals surface area contributed by atoms with Crippen LogP contribution in [0.2, 0.25) is 0 Å². The molecule has 1 aliphatic rings. The Bertz CT molecular complexity index is 995. The van der Waals surface area contributed by atoms with Gasteiger partial charge in [0.15, 0.2) is 0 Å².